The molecule has 0 unspecified atom stereocenters. The molecule has 0 aromatic carbocycles. The van der Waals surface area contributed by atoms with Gasteiger partial charge in [0.15, 0.2) is 0 Å². The van der Waals surface area contributed by atoms with Gasteiger partial charge in [-0.05, 0) is 32.6 Å². The molecule has 18 heavy (non-hydrogen) atoms. The van der Waals surface area contributed by atoms with Crippen molar-refractivity contribution in [2.24, 2.45) is 0 Å². The lowest BCUT2D eigenvalue weighted by atomic mass is 10.1. The molecule has 3 nitrogen and oxygen atoms in total. The van der Waals surface area contributed by atoms with Gasteiger partial charge in [0, 0.05) is 0 Å². The molecule has 0 radical (unpaired) electrons. The van der Waals surface area contributed by atoms with E-state index in [9.17, 15) is 9.59 Å². The van der Waals surface area contributed by atoms with Crippen molar-refractivity contribution in [3.05, 3.63) is 0 Å². The number of rotatable bonds is 13. The molecule has 0 spiro atoms. The highest BCUT2D eigenvalue weighted by Crippen LogP contribution is 2.13. The fourth-order valence-electron chi connectivity index (χ4n) is 2.18. The Morgan fingerprint density at radius 1 is 0.722 bits per heavy atom. The molecule has 0 heterocycles. The Morgan fingerprint density at radius 3 is 1.50 bits per heavy atom. The molecule has 0 amide bonds. The molecule has 0 aliphatic carbocycles. The van der Waals surface area contributed by atoms with Gasteiger partial charge in [0.2, 0.25) is 0 Å². The standard InChI is InChI=1S/C14H33NO2Si/c1-15-13-11-9-7-5-3-4-6-8-10-12-14-18(2,16)17/h15-17H,3-14H2,1-2H3. The predicted octanol–water partition coefficient (Wildman–Crippen LogP) is 3.16. The Bertz CT molecular complexity index is 172. The van der Waals surface area contributed by atoms with Crippen LogP contribution in [0.4, 0.5) is 0 Å². The molecular formula is C14H33NO2Si. The van der Waals surface area contributed by atoms with Crippen LogP contribution in [0.15, 0.2) is 0 Å². The lowest BCUT2D eigenvalue weighted by Gasteiger charge is -2.10. The van der Waals surface area contributed by atoms with Gasteiger partial charge in [0.25, 0.3) is 0 Å². The highest BCUT2D eigenvalue weighted by atomic mass is 28.4. The van der Waals surface area contributed by atoms with Gasteiger partial charge in [-0.3, -0.25) is 0 Å². The van der Waals surface area contributed by atoms with Crippen molar-refractivity contribution in [3.8, 4) is 0 Å². The molecule has 0 rings (SSSR count). The van der Waals surface area contributed by atoms with Crippen LogP contribution in [-0.4, -0.2) is 31.7 Å². The lowest BCUT2D eigenvalue weighted by molar-refractivity contribution is 0.366. The third-order valence-electron chi connectivity index (χ3n) is 3.33. The van der Waals surface area contributed by atoms with E-state index in [1.807, 2.05) is 7.05 Å². The van der Waals surface area contributed by atoms with E-state index in [1.54, 1.807) is 6.55 Å². The maximum Gasteiger partial charge on any atom is 0.329 e. The van der Waals surface area contributed by atoms with Gasteiger partial charge >= 0.3 is 8.56 Å². The molecule has 0 bridgehead atoms. The third kappa shape index (κ3) is 16.1. The molecule has 0 aromatic rings. The van der Waals surface area contributed by atoms with Crippen LogP contribution < -0.4 is 5.32 Å². The van der Waals surface area contributed by atoms with Crippen LogP contribution in [0.3, 0.4) is 0 Å². The van der Waals surface area contributed by atoms with Gasteiger partial charge in [-0.1, -0.05) is 57.8 Å². The summed E-state index contributed by atoms with van der Waals surface area (Å²) in [4.78, 5) is 18.5. The summed E-state index contributed by atoms with van der Waals surface area (Å²) < 4.78 is 0. The van der Waals surface area contributed by atoms with Gasteiger partial charge < -0.3 is 14.9 Å². The van der Waals surface area contributed by atoms with Crippen molar-refractivity contribution in [3.63, 3.8) is 0 Å². The largest absolute Gasteiger partial charge is 0.411 e. The highest BCUT2D eigenvalue weighted by molar-refractivity contribution is 6.63. The summed E-state index contributed by atoms with van der Waals surface area (Å²) in [5.41, 5.74) is 0. The van der Waals surface area contributed by atoms with Crippen LogP contribution in [0, 0.1) is 0 Å². The van der Waals surface area contributed by atoms with Gasteiger partial charge in [0.05, 0.1) is 0 Å². The average Bonchev–Trinajstić information content (AvgIpc) is 2.29. The van der Waals surface area contributed by atoms with E-state index in [0.29, 0.717) is 6.04 Å². The van der Waals surface area contributed by atoms with Crippen molar-refractivity contribution < 1.29 is 9.59 Å². The number of hydrogen-bond acceptors (Lipinski definition) is 3. The first-order valence-electron chi connectivity index (χ1n) is 7.65. The molecule has 4 heteroatoms. The molecule has 0 saturated heterocycles. The minimum Gasteiger partial charge on any atom is -0.411 e. The van der Waals surface area contributed by atoms with E-state index >= 15 is 0 Å². The maximum absolute atomic E-state index is 9.27. The van der Waals surface area contributed by atoms with E-state index in [-0.39, 0.29) is 0 Å². The van der Waals surface area contributed by atoms with Crippen LogP contribution in [0.2, 0.25) is 12.6 Å². The Morgan fingerprint density at radius 2 is 1.11 bits per heavy atom. The molecule has 0 aliphatic rings. The summed E-state index contributed by atoms with van der Waals surface area (Å²) in [5, 5.41) is 3.18. The smallest absolute Gasteiger partial charge is 0.329 e. The molecule has 110 valence electrons. The molecule has 0 aliphatic heterocycles. The fourth-order valence-corrected chi connectivity index (χ4v) is 3.10. The monoisotopic (exact) mass is 275 g/mol. The SMILES string of the molecule is CNCCCCCCCCCCCC[Si](C)(O)O. The first kappa shape index (κ1) is 18.1. The summed E-state index contributed by atoms with van der Waals surface area (Å²) >= 11 is 0. The summed E-state index contributed by atoms with van der Waals surface area (Å²) in [6.07, 6.45) is 12.8. The Labute approximate surface area is 114 Å². The summed E-state index contributed by atoms with van der Waals surface area (Å²) in [7, 11) is -0.747. The summed E-state index contributed by atoms with van der Waals surface area (Å²) in [5.74, 6) is 0. The van der Waals surface area contributed by atoms with Crippen molar-refractivity contribution in [2.75, 3.05) is 13.6 Å². The van der Waals surface area contributed by atoms with E-state index in [1.165, 1.54) is 51.4 Å². The van der Waals surface area contributed by atoms with E-state index in [2.05, 4.69) is 5.32 Å². The average molecular weight is 276 g/mol. The van der Waals surface area contributed by atoms with Crippen LogP contribution in [0.1, 0.15) is 64.2 Å². The second-order valence-corrected chi connectivity index (χ2v) is 8.54. The zero-order chi connectivity index (χ0) is 13.7. The van der Waals surface area contributed by atoms with Gasteiger partial charge in [0.1, 0.15) is 0 Å². The van der Waals surface area contributed by atoms with Crippen molar-refractivity contribution in [1.29, 1.82) is 0 Å². The molecule has 0 aromatic heterocycles. The topological polar surface area (TPSA) is 52.5 Å². The van der Waals surface area contributed by atoms with E-state index in [0.717, 1.165) is 19.4 Å². The van der Waals surface area contributed by atoms with Gasteiger partial charge in [-0.25, -0.2) is 0 Å². The Kier molecular flexibility index (Phi) is 12.2. The van der Waals surface area contributed by atoms with Crippen LogP contribution in [-0.2, 0) is 0 Å². The van der Waals surface area contributed by atoms with Gasteiger partial charge in [-0.15, -0.1) is 0 Å². The first-order valence-corrected chi connectivity index (χ1v) is 10.3. The summed E-state index contributed by atoms with van der Waals surface area (Å²) in [6.45, 7) is 2.75. The van der Waals surface area contributed by atoms with Crippen LogP contribution in [0.5, 0.6) is 0 Å². The maximum atomic E-state index is 9.27. The van der Waals surface area contributed by atoms with E-state index < -0.39 is 8.56 Å². The normalized spacial score (nSPS) is 12.0. The fraction of sp³-hybridized carbons (Fsp3) is 1.00. The van der Waals surface area contributed by atoms with E-state index in [4.69, 9.17) is 0 Å². The number of unbranched alkanes of at least 4 members (excludes halogenated alkanes) is 9. The van der Waals surface area contributed by atoms with Crippen LogP contribution >= 0.6 is 0 Å². The van der Waals surface area contributed by atoms with Crippen molar-refractivity contribution in [2.45, 2.75) is 76.8 Å². The molecule has 3 N–H and O–H groups in total. The first-order chi connectivity index (χ1) is 8.56. The lowest BCUT2D eigenvalue weighted by Crippen LogP contribution is -2.29. The Balaban J connectivity index is 2.99. The highest BCUT2D eigenvalue weighted by Gasteiger charge is 2.19. The van der Waals surface area contributed by atoms with Crippen molar-refractivity contribution in [1.82, 2.24) is 5.32 Å². The van der Waals surface area contributed by atoms with Gasteiger partial charge in [-0.2, -0.15) is 0 Å². The predicted molar refractivity (Wildman–Crippen MR) is 81.0 cm³/mol. The van der Waals surface area contributed by atoms with Crippen molar-refractivity contribution >= 4 is 8.56 Å². The zero-order valence-electron chi connectivity index (χ0n) is 12.4. The second kappa shape index (κ2) is 12.1. The second-order valence-electron chi connectivity index (χ2n) is 5.61. The summed E-state index contributed by atoms with van der Waals surface area (Å²) in [6, 6.07) is 0.637. The molecule has 0 saturated carbocycles. The minimum absolute atomic E-state index is 0.637. The number of hydrogen-bond donors (Lipinski definition) is 3. The third-order valence-corrected chi connectivity index (χ3v) is 4.63. The van der Waals surface area contributed by atoms with Crippen LogP contribution in [0.25, 0.3) is 0 Å². The Hall–Kier alpha value is 0.0969. The minimum atomic E-state index is -2.76. The molecule has 0 fully saturated rings. The molecular weight excluding hydrogens is 242 g/mol. The zero-order valence-corrected chi connectivity index (χ0v) is 13.4. The molecule has 0 atom stereocenters. The number of nitrogens with one attached hydrogen (secondary N) is 1. The quantitative estimate of drug-likeness (QED) is 0.357.